The molecule has 66 valence electrons. The first-order valence-electron chi connectivity index (χ1n) is 4.15. The minimum Gasteiger partial charge on any atom is -0.394 e. The van der Waals surface area contributed by atoms with Crippen molar-refractivity contribution < 1.29 is 14.6 Å². The summed E-state index contributed by atoms with van der Waals surface area (Å²) in [6, 6.07) is 0. The molecule has 0 aromatic rings. The second kappa shape index (κ2) is 4.04. The molecule has 1 heterocycles. The summed E-state index contributed by atoms with van der Waals surface area (Å²) in [4.78, 5) is 0. The molecule has 0 amide bonds. The summed E-state index contributed by atoms with van der Waals surface area (Å²) in [6.07, 6.45) is 0.790. The van der Waals surface area contributed by atoms with Crippen LogP contribution in [0.3, 0.4) is 0 Å². The van der Waals surface area contributed by atoms with E-state index >= 15 is 0 Å². The van der Waals surface area contributed by atoms with Gasteiger partial charge in [0.15, 0.2) is 6.29 Å². The van der Waals surface area contributed by atoms with Gasteiger partial charge in [-0.3, -0.25) is 0 Å². The molecule has 11 heavy (non-hydrogen) atoms. The molecule has 3 nitrogen and oxygen atoms in total. The van der Waals surface area contributed by atoms with Crippen LogP contribution in [-0.4, -0.2) is 30.7 Å². The van der Waals surface area contributed by atoms with Crippen molar-refractivity contribution in [3.05, 3.63) is 0 Å². The third kappa shape index (κ3) is 2.15. The second-order valence-electron chi connectivity index (χ2n) is 2.95. The molecule has 1 rings (SSSR count). The van der Waals surface area contributed by atoms with Gasteiger partial charge in [-0.2, -0.15) is 0 Å². The van der Waals surface area contributed by atoms with Gasteiger partial charge in [-0.25, -0.2) is 0 Å². The van der Waals surface area contributed by atoms with E-state index in [2.05, 4.69) is 6.92 Å². The van der Waals surface area contributed by atoms with Crippen LogP contribution in [0.5, 0.6) is 0 Å². The largest absolute Gasteiger partial charge is 0.394 e. The molecule has 3 atom stereocenters. The summed E-state index contributed by atoms with van der Waals surface area (Å²) >= 11 is 0. The topological polar surface area (TPSA) is 38.7 Å². The van der Waals surface area contributed by atoms with E-state index < -0.39 is 0 Å². The minimum atomic E-state index is -0.0906. The first-order chi connectivity index (χ1) is 5.27. The van der Waals surface area contributed by atoms with Gasteiger partial charge in [0.05, 0.1) is 12.7 Å². The number of rotatable bonds is 3. The summed E-state index contributed by atoms with van der Waals surface area (Å²) in [5.41, 5.74) is 0. The Kier molecular flexibility index (Phi) is 3.30. The lowest BCUT2D eigenvalue weighted by Gasteiger charge is -2.11. The van der Waals surface area contributed by atoms with Crippen LogP contribution in [0.15, 0.2) is 0 Å². The molecule has 0 radical (unpaired) electrons. The highest BCUT2D eigenvalue weighted by molar-refractivity contribution is 4.74. The Morgan fingerprint density at radius 3 is 2.82 bits per heavy atom. The van der Waals surface area contributed by atoms with E-state index in [0.29, 0.717) is 12.5 Å². The van der Waals surface area contributed by atoms with Crippen molar-refractivity contribution in [3.63, 3.8) is 0 Å². The lowest BCUT2D eigenvalue weighted by atomic mass is 10.1. The van der Waals surface area contributed by atoms with Crippen molar-refractivity contribution >= 4 is 0 Å². The molecule has 1 aliphatic rings. The van der Waals surface area contributed by atoms with Crippen LogP contribution in [0.25, 0.3) is 0 Å². The molecule has 0 aromatic heterocycles. The molecule has 0 aliphatic carbocycles. The smallest absolute Gasteiger partial charge is 0.158 e. The zero-order chi connectivity index (χ0) is 8.27. The molecule has 1 fully saturated rings. The van der Waals surface area contributed by atoms with Gasteiger partial charge >= 0.3 is 0 Å². The van der Waals surface area contributed by atoms with Crippen LogP contribution in [0, 0.1) is 5.92 Å². The Hall–Kier alpha value is -0.120. The number of ether oxygens (including phenoxy) is 2. The lowest BCUT2D eigenvalue weighted by Crippen LogP contribution is -2.19. The molecule has 1 aliphatic heterocycles. The van der Waals surface area contributed by atoms with Gasteiger partial charge in [0.25, 0.3) is 0 Å². The highest BCUT2D eigenvalue weighted by atomic mass is 16.7. The third-order valence-electron chi connectivity index (χ3n) is 2.06. The van der Waals surface area contributed by atoms with Crippen molar-refractivity contribution in [2.45, 2.75) is 32.7 Å². The van der Waals surface area contributed by atoms with Crippen molar-refractivity contribution in [1.29, 1.82) is 0 Å². The summed E-state index contributed by atoms with van der Waals surface area (Å²) in [6.45, 7) is 4.79. The van der Waals surface area contributed by atoms with E-state index in [1.54, 1.807) is 0 Å². The molecule has 0 aromatic carbocycles. The van der Waals surface area contributed by atoms with E-state index in [4.69, 9.17) is 14.6 Å². The van der Waals surface area contributed by atoms with Gasteiger partial charge in [-0.05, 0) is 12.8 Å². The number of hydrogen-bond donors (Lipinski definition) is 1. The van der Waals surface area contributed by atoms with E-state index in [1.807, 2.05) is 6.92 Å². The minimum absolute atomic E-state index is 0.0217. The zero-order valence-corrected chi connectivity index (χ0v) is 7.12. The Balaban J connectivity index is 2.30. The molecule has 0 spiro atoms. The molecular weight excluding hydrogens is 144 g/mol. The molecular formula is C8H16O3. The van der Waals surface area contributed by atoms with E-state index in [0.717, 1.165) is 6.42 Å². The summed E-state index contributed by atoms with van der Waals surface area (Å²) in [5.74, 6) is 0.413. The zero-order valence-electron chi connectivity index (χ0n) is 7.12. The Labute approximate surface area is 67.3 Å². The molecule has 0 saturated carbocycles. The van der Waals surface area contributed by atoms with Crippen LogP contribution >= 0.6 is 0 Å². The van der Waals surface area contributed by atoms with Crippen LogP contribution in [-0.2, 0) is 9.47 Å². The maximum Gasteiger partial charge on any atom is 0.158 e. The Morgan fingerprint density at radius 2 is 2.36 bits per heavy atom. The third-order valence-corrected chi connectivity index (χ3v) is 2.06. The maximum absolute atomic E-state index is 8.84. The number of hydrogen-bond acceptors (Lipinski definition) is 3. The molecule has 1 saturated heterocycles. The Bertz CT molecular complexity index is 116. The monoisotopic (exact) mass is 160 g/mol. The van der Waals surface area contributed by atoms with E-state index in [-0.39, 0.29) is 19.0 Å². The average molecular weight is 160 g/mol. The van der Waals surface area contributed by atoms with Crippen molar-refractivity contribution in [2.75, 3.05) is 13.2 Å². The van der Waals surface area contributed by atoms with Crippen molar-refractivity contribution in [1.82, 2.24) is 0 Å². The quantitative estimate of drug-likeness (QED) is 0.662. The molecule has 1 N–H and O–H groups in total. The highest BCUT2D eigenvalue weighted by Gasteiger charge is 2.31. The van der Waals surface area contributed by atoms with Crippen LogP contribution in [0.2, 0.25) is 0 Å². The summed E-state index contributed by atoms with van der Waals surface area (Å²) in [7, 11) is 0. The maximum atomic E-state index is 8.84. The van der Waals surface area contributed by atoms with Gasteiger partial charge in [0.1, 0.15) is 0 Å². The number of aliphatic hydroxyl groups is 1. The molecule has 0 unspecified atom stereocenters. The van der Waals surface area contributed by atoms with Gasteiger partial charge in [0.2, 0.25) is 0 Å². The molecule has 3 heteroatoms. The first-order valence-corrected chi connectivity index (χ1v) is 4.15. The first kappa shape index (κ1) is 8.97. The van der Waals surface area contributed by atoms with Gasteiger partial charge < -0.3 is 14.6 Å². The van der Waals surface area contributed by atoms with Crippen LogP contribution < -0.4 is 0 Å². The average Bonchev–Trinajstić information content (AvgIpc) is 2.32. The SMILES string of the molecule is CCO[C@H]1C[C@@H](C)[C@@H](CO)O1. The van der Waals surface area contributed by atoms with Crippen LogP contribution in [0.4, 0.5) is 0 Å². The van der Waals surface area contributed by atoms with Gasteiger partial charge in [0, 0.05) is 13.0 Å². The van der Waals surface area contributed by atoms with Gasteiger partial charge in [-0.1, -0.05) is 6.92 Å². The standard InChI is InChI=1S/C8H16O3/c1-3-10-8-4-6(2)7(5-9)11-8/h6-9H,3-5H2,1-2H3/t6-,7-,8-/m1/s1. The fraction of sp³-hybridized carbons (Fsp3) is 1.00. The van der Waals surface area contributed by atoms with E-state index in [1.165, 1.54) is 0 Å². The van der Waals surface area contributed by atoms with Crippen LogP contribution in [0.1, 0.15) is 20.3 Å². The van der Waals surface area contributed by atoms with Crippen molar-refractivity contribution in [2.24, 2.45) is 5.92 Å². The van der Waals surface area contributed by atoms with Gasteiger partial charge in [-0.15, -0.1) is 0 Å². The predicted molar refractivity (Wildman–Crippen MR) is 41.2 cm³/mol. The summed E-state index contributed by atoms with van der Waals surface area (Å²) < 4.78 is 10.7. The normalized spacial score (nSPS) is 37.9. The van der Waals surface area contributed by atoms with E-state index in [9.17, 15) is 0 Å². The fourth-order valence-electron chi connectivity index (χ4n) is 1.36. The van der Waals surface area contributed by atoms with Crippen molar-refractivity contribution in [3.8, 4) is 0 Å². The number of aliphatic hydroxyl groups excluding tert-OH is 1. The second-order valence-corrected chi connectivity index (χ2v) is 2.95. The predicted octanol–water partition coefficient (Wildman–Crippen LogP) is 0.766. The Morgan fingerprint density at radius 1 is 1.64 bits per heavy atom. The highest BCUT2D eigenvalue weighted by Crippen LogP contribution is 2.26. The lowest BCUT2D eigenvalue weighted by molar-refractivity contribution is -0.138. The summed E-state index contributed by atoms with van der Waals surface area (Å²) in [5, 5.41) is 8.84. The molecule has 0 bridgehead atoms. The fourth-order valence-corrected chi connectivity index (χ4v) is 1.36.